The highest BCUT2D eigenvalue weighted by Gasteiger charge is 2.08. The predicted octanol–water partition coefficient (Wildman–Crippen LogP) is 3.68. The molecule has 0 atom stereocenters. The largest absolute Gasteiger partial charge is 0.489 e. The minimum atomic E-state index is 0.147. The Balaban J connectivity index is 2.87. The minimum absolute atomic E-state index is 0.147. The molecule has 1 aromatic rings. The number of nitrogens with zero attached hydrogens (tertiary/aromatic N) is 1. The van der Waals surface area contributed by atoms with Crippen LogP contribution in [0.25, 0.3) is 0 Å². The Hall–Kier alpha value is -1.38. The number of benzene rings is 1. The fraction of sp³-hybridized carbons (Fsp3) is 0.600. The van der Waals surface area contributed by atoms with E-state index in [-0.39, 0.29) is 6.10 Å². The van der Waals surface area contributed by atoms with Gasteiger partial charge in [-0.15, -0.1) is 0 Å². The van der Waals surface area contributed by atoms with Gasteiger partial charge in [-0.25, -0.2) is 0 Å². The molecule has 1 rings (SSSR count). The Morgan fingerprint density at radius 2 is 2.00 bits per heavy atom. The molecule has 0 unspecified atom stereocenters. The van der Waals surface area contributed by atoms with E-state index in [1.165, 1.54) is 18.5 Å². The zero-order valence-corrected chi connectivity index (χ0v) is 12.1. The molecule has 0 heterocycles. The van der Waals surface area contributed by atoms with Crippen molar-refractivity contribution in [3.05, 3.63) is 18.2 Å². The molecular weight excluding hydrogens is 224 g/mol. The molecule has 0 saturated carbocycles. The van der Waals surface area contributed by atoms with Crippen molar-refractivity contribution in [2.24, 2.45) is 0 Å². The zero-order valence-electron chi connectivity index (χ0n) is 12.1. The summed E-state index contributed by atoms with van der Waals surface area (Å²) in [7, 11) is 0. The summed E-state index contributed by atoms with van der Waals surface area (Å²) in [5, 5.41) is 0. The molecule has 102 valence electrons. The van der Waals surface area contributed by atoms with E-state index in [2.05, 4.69) is 30.9 Å². The minimum Gasteiger partial charge on any atom is -0.489 e. The molecule has 3 nitrogen and oxygen atoms in total. The molecule has 0 saturated heterocycles. The Kier molecular flexibility index (Phi) is 5.83. The maximum Gasteiger partial charge on any atom is 0.144 e. The van der Waals surface area contributed by atoms with Gasteiger partial charge in [0.15, 0.2) is 0 Å². The molecular formula is C15H26N2O. The SMILES string of the molecule is CCCCN(CC)c1ccc(N)c(OC(C)C)c1. The molecule has 2 N–H and O–H groups in total. The van der Waals surface area contributed by atoms with Crippen LogP contribution in [0.15, 0.2) is 18.2 Å². The predicted molar refractivity (Wildman–Crippen MR) is 79.4 cm³/mol. The van der Waals surface area contributed by atoms with Crippen molar-refractivity contribution < 1.29 is 4.74 Å². The maximum atomic E-state index is 5.94. The molecule has 1 aromatic carbocycles. The van der Waals surface area contributed by atoms with Crippen LogP contribution in [0.1, 0.15) is 40.5 Å². The smallest absolute Gasteiger partial charge is 0.144 e. The number of ether oxygens (including phenoxy) is 1. The van der Waals surface area contributed by atoms with E-state index in [1.54, 1.807) is 0 Å². The lowest BCUT2D eigenvalue weighted by Crippen LogP contribution is -2.23. The van der Waals surface area contributed by atoms with Crippen molar-refractivity contribution in [3.8, 4) is 5.75 Å². The van der Waals surface area contributed by atoms with Gasteiger partial charge < -0.3 is 15.4 Å². The monoisotopic (exact) mass is 250 g/mol. The second-order valence-corrected chi connectivity index (χ2v) is 4.82. The number of unbranched alkanes of at least 4 members (excludes halogenated alkanes) is 1. The third kappa shape index (κ3) is 4.13. The average molecular weight is 250 g/mol. The lowest BCUT2D eigenvalue weighted by atomic mass is 10.2. The lowest BCUT2D eigenvalue weighted by Gasteiger charge is -2.24. The Labute approximate surface area is 111 Å². The first-order chi connectivity index (χ1) is 8.58. The van der Waals surface area contributed by atoms with Gasteiger partial charge >= 0.3 is 0 Å². The molecule has 0 aliphatic heterocycles. The summed E-state index contributed by atoms with van der Waals surface area (Å²) in [6.45, 7) is 10.5. The van der Waals surface area contributed by atoms with Gasteiger partial charge in [-0.3, -0.25) is 0 Å². The molecule has 3 heteroatoms. The molecule has 0 aromatic heterocycles. The molecule has 18 heavy (non-hydrogen) atoms. The van der Waals surface area contributed by atoms with Gasteiger partial charge in [0, 0.05) is 24.8 Å². The summed E-state index contributed by atoms with van der Waals surface area (Å²) in [5.74, 6) is 0.789. The first-order valence-corrected chi connectivity index (χ1v) is 6.89. The van der Waals surface area contributed by atoms with Crippen LogP contribution in [-0.4, -0.2) is 19.2 Å². The highest BCUT2D eigenvalue weighted by atomic mass is 16.5. The molecule has 0 bridgehead atoms. The quantitative estimate of drug-likeness (QED) is 0.750. The van der Waals surface area contributed by atoms with Gasteiger partial charge in [0.2, 0.25) is 0 Å². The summed E-state index contributed by atoms with van der Waals surface area (Å²) in [4.78, 5) is 2.36. The van der Waals surface area contributed by atoms with Crippen LogP contribution in [0.2, 0.25) is 0 Å². The Morgan fingerprint density at radius 3 is 2.56 bits per heavy atom. The molecule has 0 aliphatic rings. The van der Waals surface area contributed by atoms with Gasteiger partial charge in [0.1, 0.15) is 5.75 Å². The fourth-order valence-electron chi connectivity index (χ4n) is 1.89. The van der Waals surface area contributed by atoms with Gasteiger partial charge in [-0.05, 0) is 39.3 Å². The van der Waals surface area contributed by atoms with E-state index >= 15 is 0 Å². The number of hydrogen-bond acceptors (Lipinski definition) is 3. The lowest BCUT2D eigenvalue weighted by molar-refractivity contribution is 0.244. The van der Waals surface area contributed by atoms with E-state index in [1.807, 2.05) is 19.9 Å². The number of nitrogen functional groups attached to an aromatic ring is 1. The summed E-state index contributed by atoms with van der Waals surface area (Å²) in [5.41, 5.74) is 7.83. The molecule has 0 fully saturated rings. The van der Waals surface area contributed by atoms with Crippen LogP contribution in [0.5, 0.6) is 5.75 Å². The van der Waals surface area contributed by atoms with Crippen molar-refractivity contribution in [2.75, 3.05) is 23.7 Å². The first-order valence-electron chi connectivity index (χ1n) is 6.89. The summed E-state index contributed by atoms with van der Waals surface area (Å²) >= 11 is 0. The fourth-order valence-corrected chi connectivity index (χ4v) is 1.89. The van der Waals surface area contributed by atoms with E-state index < -0.39 is 0 Å². The highest BCUT2D eigenvalue weighted by molar-refractivity contribution is 5.62. The molecule has 0 radical (unpaired) electrons. The van der Waals surface area contributed by atoms with Crippen LogP contribution in [0.3, 0.4) is 0 Å². The van der Waals surface area contributed by atoms with Gasteiger partial charge in [-0.2, -0.15) is 0 Å². The molecule has 0 spiro atoms. The number of anilines is 2. The third-order valence-corrected chi connectivity index (χ3v) is 2.89. The summed E-state index contributed by atoms with van der Waals surface area (Å²) < 4.78 is 5.73. The van der Waals surface area contributed by atoms with E-state index in [9.17, 15) is 0 Å². The van der Waals surface area contributed by atoms with E-state index in [0.717, 1.165) is 18.8 Å². The van der Waals surface area contributed by atoms with Gasteiger partial charge in [0.05, 0.1) is 11.8 Å². The number of rotatable bonds is 7. The van der Waals surface area contributed by atoms with E-state index in [4.69, 9.17) is 10.5 Å². The second-order valence-electron chi connectivity index (χ2n) is 4.82. The topological polar surface area (TPSA) is 38.5 Å². The zero-order chi connectivity index (χ0) is 13.5. The van der Waals surface area contributed by atoms with Crippen molar-refractivity contribution >= 4 is 11.4 Å². The van der Waals surface area contributed by atoms with Crippen molar-refractivity contribution in [1.29, 1.82) is 0 Å². The summed E-state index contributed by atoms with van der Waals surface area (Å²) in [6, 6.07) is 6.05. The number of nitrogens with two attached hydrogens (primary N) is 1. The number of hydrogen-bond donors (Lipinski definition) is 1. The van der Waals surface area contributed by atoms with Crippen molar-refractivity contribution in [2.45, 2.75) is 46.6 Å². The van der Waals surface area contributed by atoms with Crippen LogP contribution >= 0.6 is 0 Å². The normalized spacial score (nSPS) is 10.7. The Morgan fingerprint density at radius 1 is 1.28 bits per heavy atom. The third-order valence-electron chi connectivity index (χ3n) is 2.89. The molecule has 0 aliphatic carbocycles. The van der Waals surface area contributed by atoms with Crippen molar-refractivity contribution in [1.82, 2.24) is 0 Å². The Bertz CT molecular complexity index is 364. The average Bonchev–Trinajstić information content (AvgIpc) is 2.33. The standard InChI is InChI=1S/C15H26N2O/c1-5-7-10-17(6-2)13-8-9-14(16)15(11-13)18-12(3)4/h8-9,11-12H,5-7,10,16H2,1-4H3. The van der Waals surface area contributed by atoms with E-state index in [0.29, 0.717) is 5.69 Å². The van der Waals surface area contributed by atoms with Crippen LogP contribution in [-0.2, 0) is 0 Å². The highest BCUT2D eigenvalue weighted by Crippen LogP contribution is 2.28. The van der Waals surface area contributed by atoms with Gasteiger partial charge in [0.25, 0.3) is 0 Å². The maximum absolute atomic E-state index is 5.94. The van der Waals surface area contributed by atoms with Crippen LogP contribution in [0.4, 0.5) is 11.4 Å². The van der Waals surface area contributed by atoms with Gasteiger partial charge in [-0.1, -0.05) is 13.3 Å². The summed E-state index contributed by atoms with van der Waals surface area (Å²) in [6.07, 6.45) is 2.56. The van der Waals surface area contributed by atoms with Crippen LogP contribution < -0.4 is 15.4 Å². The first kappa shape index (κ1) is 14.7. The van der Waals surface area contributed by atoms with Crippen LogP contribution in [0, 0.1) is 0 Å². The molecule has 0 amide bonds. The second kappa shape index (κ2) is 7.14. The van der Waals surface area contributed by atoms with Crippen molar-refractivity contribution in [3.63, 3.8) is 0 Å².